The zero-order chi connectivity index (χ0) is 16.0. The van der Waals surface area contributed by atoms with Gasteiger partial charge in [-0.3, -0.25) is 4.79 Å². The van der Waals surface area contributed by atoms with Gasteiger partial charge in [-0.1, -0.05) is 65.7 Å². The standard InChI is InChI=1S/C19H13Cl2NO/c20-12-6-8-14(17(21)9-12)16-10-18(23)22-19-13-4-2-1-3-11(13)5-7-15(16)19/h1-9,16H,10H2,(H,22,23). The van der Waals surface area contributed by atoms with Crippen molar-refractivity contribution in [3.8, 4) is 0 Å². The van der Waals surface area contributed by atoms with Crippen molar-refractivity contribution in [3.05, 3.63) is 75.8 Å². The van der Waals surface area contributed by atoms with Crippen LogP contribution in [0.5, 0.6) is 0 Å². The van der Waals surface area contributed by atoms with E-state index in [1.54, 1.807) is 6.07 Å². The number of amides is 1. The zero-order valence-corrected chi connectivity index (χ0v) is 13.7. The van der Waals surface area contributed by atoms with Crippen LogP contribution < -0.4 is 5.32 Å². The van der Waals surface area contributed by atoms with Crippen LogP contribution in [0, 0.1) is 0 Å². The highest BCUT2D eigenvalue weighted by molar-refractivity contribution is 6.35. The van der Waals surface area contributed by atoms with Gasteiger partial charge in [0.2, 0.25) is 5.91 Å². The van der Waals surface area contributed by atoms with E-state index in [1.165, 1.54) is 0 Å². The van der Waals surface area contributed by atoms with Gasteiger partial charge in [0.25, 0.3) is 0 Å². The van der Waals surface area contributed by atoms with E-state index in [9.17, 15) is 4.79 Å². The molecular formula is C19H13Cl2NO. The van der Waals surface area contributed by atoms with E-state index in [4.69, 9.17) is 23.2 Å². The third-order valence-corrected chi connectivity index (χ3v) is 4.89. The van der Waals surface area contributed by atoms with Crippen molar-refractivity contribution in [1.29, 1.82) is 0 Å². The number of rotatable bonds is 1. The fourth-order valence-corrected chi connectivity index (χ4v) is 3.81. The van der Waals surface area contributed by atoms with Crippen LogP contribution >= 0.6 is 23.2 Å². The molecule has 0 spiro atoms. The van der Waals surface area contributed by atoms with E-state index >= 15 is 0 Å². The first-order valence-corrected chi connectivity index (χ1v) is 8.15. The molecule has 0 saturated carbocycles. The molecule has 2 nitrogen and oxygen atoms in total. The number of anilines is 1. The van der Waals surface area contributed by atoms with Gasteiger partial charge >= 0.3 is 0 Å². The number of nitrogens with one attached hydrogen (secondary N) is 1. The first-order chi connectivity index (χ1) is 11.1. The van der Waals surface area contributed by atoms with Gasteiger partial charge in [-0.2, -0.15) is 0 Å². The van der Waals surface area contributed by atoms with Crippen molar-refractivity contribution in [2.75, 3.05) is 5.32 Å². The molecule has 0 aliphatic carbocycles. The largest absolute Gasteiger partial charge is 0.325 e. The van der Waals surface area contributed by atoms with Crippen LogP contribution in [0.25, 0.3) is 10.8 Å². The molecule has 1 heterocycles. The maximum absolute atomic E-state index is 12.3. The van der Waals surface area contributed by atoms with E-state index in [1.807, 2.05) is 36.4 Å². The highest BCUT2D eigenvalue weighted by Crippen LogP contribution is 2.43. The first kappa shape index (κ1) is 14.6. The lowest BCUT2D eigenvalue weighted by Crippen LogP contribution is -2.23. The maximum atomic E-state index is 12.3. The second-order valence-corrected chi connectivity index (χ2v) is 6.57. The molecule has 1 atom stereocenters. The number of fused-ring (bicyclic) bond motifs is 3. The molecule has 4 heteroatoms. The smallest absolute Gasteiger partial charge is 0.225 e. The molecule has 0 fully saturated rings. The number of carbonyl (C=O) groups excluding carboxylic acids is 1. The van der Waals surface area contributed by atoms with E-state index in [2.05, 4.69) is 17.4 Å². The van der Waals surface area contributed by atoms with Crippen molar-refractivity contribution in [2.45, 2.75) is 12.3 Å². The summed E-state index contributed by atoms with van der Waals surface area (Å²) in [4.78, 5) is 12.3. The van der Waals surface area contributed by atoms with Crippen LogP contribution in [-0.4, -0.2) is 5.91 Å². The molecule has 3 aromatic rings. The Morgan fingerprint density at radius 2 is 1.74 bits per heavy atom. The monoisotopic (exact) mass is 341 g/mol. The lowest BCUT2D eigenvalue weighted by Gasteiger charge is -2.28. The Morgan fingerprint density at radius 1 is 0.957 bits per heavy atom. The van der Waals surface area contributed by atoms with Crippen molar-refractivity contribution in [2.24, 2.45) is 0 Å². The second-order valence-electron chi connectivity index (χ2n) is 5.72. The van der Waals surface area contributed by atoms with Gasteiger partial charge < -0.3 is 5.32 Å². The Bertz CT molecular complexity index is 936. The van der Waals surface area contributed by atoms with E-state index < -0.39 is 0 Å². The quantitative estimate of drug-likeness (QED) is 0.611. The molecule has 0 aromatic heterocycles. The summed E-state index contributed by atoms with van der Waals surface area (Å²) in [5.74, 6) is -0.0574. The molecule has 1 unspecified atom stereocenters. The lowest BCUT2D eigenvalue weighted by molar-refractivity contribution is -0.116. The summed E-state index contributed by atoms with van der Waals surface area (Å²) >= 11 is 12.4. The summed E-state index contributed by atoms with van der Waals surface area (Å²) in [6.07, 6.45) is 0.382. The molecule has 1 aliphatic rings. The average molecular weight is 342 g/mol. The molecule has 23 heavy (non-hydrogen) atoms. The topological polar surface area (TPSA) is 29.1 Å². The van der Waals surface area contributed by atoms with Crippen molar-refractivity contribution < 1.29 is 4.79 Å². The van der Waals surface area contributed by atoms with Gasteiger partial charge in [0.15, 0.2) is 0 Å². The summed E-state index contributed by atoms with van der Waals surface area (Å²) in [5, 5.41) is 6.37. The maximum Gasteiger partial charge on any atom is 0.225 e. The molecule has 1 N–H and O–H groups in total. The van der Waals surface area contributed by atoms with Gasteiger partial charge in [-0.15, -0.1) is 0 Å². The third-order valence-electron chi connectivity index (χ3n) is 4.33. The van der Waals surface area contributed by atoms with Crippen LogP contribution in [0.1, 0.15) is 23.5 Å². The third kappa shape index (κ3) is 2.48. The van der Waals surface area contributed by atoms with Crippen molar-refractivity contribution in [3.63, 3.8) is 0 Å². The highest BCUT2D eigenvalue weighted by Gasteiger charge is 2.29. The molecule has 0 saturated heterocycles. The number of hydrogen-bond donors (Lipinski definition) is 1. The molecule has 4 rings (SSSR count). The Hall–Kier alpha value is -2.03. The molecule has 114 valence electrons. The van der Waals surface area contributed by atoms with E-state index in [-0.39, 0.29) is 11.8 Å². The SMILES string of the molecule is O=C1CC(c2ccc(Cl)cc2Cl)c2ccc3ccccc3c2N1. The Morgan fingerprint density at radius 3 is 2.57 bits per heavy atom. The minimum Gasteiger partial charge on any atom is -0.325 e. The van der Waals surface area contributed by atoms with Crippen molar-refractivity contribution in [1.82, 2.24) is 0 Å². The van der Waals surface area contributed by atoms with Crippen LogP contribution in [0.15, 0.2) is 54.6 Å². The summed E-state index contributed by atoms with van der Waals surface area (Å²) in [7, 11) is 0. The normalized spacial score (nSPS) is 17.0. The van der Waals surface area contributed by atoms with Gasteiger partial charge in [0, 0.05) is 27.8 Å². The fourth-order valence-electron chi connectivity index (χ4n) is 3.27. The summed E-state index contributed by atoms with van der Waals surface area (Å²) in [5.41, 5.74) is 2.91. The molecule has 1 aliphatic heterocycles. The highest BCUT2D eigenvalue weighted by atomic mass is 35.5. The van der Waals surface area contributed by atoms with Crippen LogP contribution in [-0.2, 0) is 4.79 Å². The van der Waals surface area contributed by atoms with Gasteiger partial charge in [-0.25, -0.2) is 0 Å². The van der Waals surface area contributed by atoms with Crippen LogP contribution in [0.2, 0.25) is 10.0 Å². The van der Waals surface area contributed by atoms with E-state index in [0.29, 0.717) is 16.5 Å². The van der Waals surface area contributed by atoms with Crippen LogP contribution in [0.3, 0.4) is 0 Å². The summed E-state index contributed by atoms with van der Waals surface area (Å²) in [6.45, 7) is 0. The van der Waals surface area contributed by atoms with Crippen LogP contribution in [0.4, 0.5) is 5.69 Å². The van der Waals surface area contributed by atoms with Gasteiger partial charge in [0.05, 0.1) is 5.69 Å². The minimum absolute atomic E-state index is 0.00451. The van der Waals surface area contributed by atoms with Crippen molar-refractivity contribution >= 4 is 45.6 Å². The molecular weight excluding hydrogens is 329 g/mol. The number of benzene rings is 3. The second kappa shape index (κ2) is 5.55. The number of hydrogen-bond acceptors (Lipinski definition) is 1. The van der Waals surface area contributed by atoms with Gasteiger partial charge in [-0.05, 0) is 28.6 Å². The summed E-state index contributed by atoms with van der Waals surface area (Å²) < 4.78 is 0. The predicted octanol–water partition coefficient (Wildman–Crippen LogP) is 5.62. The number of carbonyl (C=O) groups is 1. The summed E-state index contributed by atoms with van der Waals surface area (Å²) in [6, 6.07) is 17.7. The minimum atomic E-state index is -0.0619. The first-order valence-electron chi connectivity index (χ1n) is 7.40. The molecule has 3 aromatic carbocycles. The number of halogens is 2. The average Bonchev–Trinajstić information content (AvgIpc) is 2.54. The Labute approximate surface area is 144 Å². The Kier molecular flexibility index (Phi) is 3.51. The molecule has 0 bridgehead atoms. The fraction of sp³-hybridized carbons (Fsp3) is 0.105. The zero-order valence-electron chi connectivity index (χ0n) is 12.1. The lowest BCUT2D eigenvalue weighted by atomic mass is 9.83. The molecule has 0 radical (unpaired) electrons. The Balaban J connectivity index is 1.95. The van der Waals surface area contributed by atoms with Gasteiger partial charge in [0.1, 0.15) is 0 Å². The molecule has 1 amide bonds. The predicted molar refractivity (Wildman–Crippen MR) is 95.5 cm³/mol. The van der Waals surface area contributed by atoms with E-state index in [0.717, 1.165) is 27.6 Å².